The summed E-state index contributed by atoms with van der Waals surface area (Å²) in [6.45, 7) is 2.69. The van der Waals surface area contributed by atoms with E-state index in [9.17, 15) is 18.3 Å². The molecule has 188 valence electrons. The average molecular weight is 489 g/mol. The van der Waals surface area contributed by atoms with Crippen molar-refractivity contribution in [1.29, 1.82) is 0 Å². The molecule has 3 aliphatic carbocycles. The second-order valence-corrected chi connectivity index (χ2v) is 13.7. The highest BCUT2D eigenvalue weighted by Gasteiger charge is 2.51. The van der Waals surface area contributed by atoms with Crippen molar-refractivity contribution in [2.24, 2.45) is 23.2 Å². The Morgan fingerprint density at radius 2 is 1.79 bits per heavy atom. The fourth-order valence-electron chi connectivity index (χ4n) is 7.60. The minimum absolute atomic E-state index is 0.0883. The van der Waals surface area contributed by atoms with E-state index in [-0.39, 0.29) is 11.9 Å². The zero-order chi connectivity index (χ0) is 23.9. The maximum Gasteiger partial charge on any atom is 0.249 e. The number of amides is 1. The molecule has 34 heavy (non-hydrogen) atoms. The van der Waals surface area contributed by atoms with Crippen LogP contribution in [0, 0.1) is 30.1 Å². The molecule has 1 aromatic carbocycles. The van der Waals surface area contributed by atoms with E-state index in [1.54, 1.807) is 12.1 Å². The van der Waals surface area contributed by atoms with Crippen LogP contribution in [0.2, 0.25) is 0 Å². The number of fused-ring (bicyclic) bond motifs is 2. The van der Waals surface area contributed by atoms with Crippen molar-refractivity contribution in [2.45, 2.75) is 94.6 Å². The third kappa shape index (κ3) is 4.93. The van der Waals surface area contributed by atoms with Gasteiger partial charge in [0.05, 0.1) is 4.90 Å². The first-order valence-electron chi connectivity index (χ1n) is 13.3. The minimum Gasteiger partial charge on any atom is -0.383 e. The second kappa shape index (κ2) is 9.55. The number of aryl methyl sites for hydroxylation is 1. The molecule has 5 rings (SSSR count). The standard InChI is InChI=1S/C27H40N2O4S/c1-19-5-7-24(8-6-19)34(32,33)29-13-10-23(11-14-29)28-26(31)25(30)9-12-27-16-20-3-2-4-21(17-27)22(15-20)18-27/h5-8,20-23,25,30H,2-4,9-18H2,1H3,(H,28,31). The molecule has 6 nitrogen and oxygen atoms in total. The summed E-state index contributed by atoms with van der Waals surface area (Å²) < 4.78 is 27.3. The molecule has 1 aromatic rings. The summed E-state index contributed by atoms with van der Waals surface area (Å²) in [5, 5.41) is 13.6. The van der Waals surface area contributed by atoms with Gasteiger partial charge in [-0.05, 0) is 93.6 Å². The number of carbonyl (C=O) groups excluding carboxylic acids is 1. The molecular weight excluding hydrogens is 448 g/mol. The lowest BCUT2D eigenvalue weighted by atomic mass is 9.67. The van der Waals surface area contributed by atoms with Gasteiger partial charge in [-0.25, -0.2) is 8.42 Å². The number of nitrogens with one attached hydrogen (secondary N) is 1. The normalized spacial score (nSPS) is 32.9. The number of carbonyl (C=O) groups is 1. The molecule has 7 heteroatoms. The maximum atomic E-state index is 12.9. The molecule has 5 unspecified atom stereocenters. The van der Waals surface area contributed by atoms with E-state index in [0.717, 1.165) is 29.7 Å². The molecule has 3 bridgehead atoms. The van der Waals surface area contributed by atoms with Crippen LogP contribution in [-0.2, 0) is 14.8 Å². The van der Waals surface area contributed by atoms with Crippen LogP contribution in [0.1, 0.15) is 76.2 Å². The van der Waals surface area contributed by atoms with Crippen LogP contribution in [0.15, 0.2) is 29.2 Å². The summed E-state index contributed by atoms with van der Waals surface area (Å²) in [4.78, 5) is 13.0. The van der Waals surface area contributed by atoms with Gasteiger partial charge in [0.2, 0.25) is 15.9 Å². The predicted molar refractivity (Wildman–Crippen MR) is 132 cm³/mol. The number of sulfonamides is 1. The zero-order valence-corrected chi connectivity index (χ0v) is 21.2. The van der Waals surface area contributed by atoms with Gasteiger partial charge < -0.3 is 10.4 Å². The van der Waals surface area contributed by atoms with Crippen molar-refractivity contribution in [3.8, 4) is 0 Å². The Labute approximate surface area is 204 Å². The van der Waals surface area contributed by atoms with E-state index in [4.69, 9.17) is 0 Å². The molecule has 0 aromatic heterocycles. The number of hydrogen-bond acceptors (Lipinski definition) is 4. The molecule has 1 amide bonds. The van der Waals surface area contributed by atoms with Gasteiger partial charge in [-0.15, -0.1) is 0 Å². The molecule has 0 spiro atoms. The summed E-state index contributed by atoms with van der Waals surface area (Å²) in [5.74, 6) is 2.33. The first-order valence-corrected chi connectivity index (χ1v) is 14.7. The Morgan fingerprint density at radius 3 is 2.53 bits per heavy atom. The van der Waals surface area contributed by atoms with E-state index < -0.39 is 16.1 Å². The highest BCUT2D eigenvalue weighted by molar-refractivity contribution is 7.89. The molecule has 5 atom stereocenters. The average Bonchev–Trinajstić information content (AvgIpc) is 2.98. The summed E-state index contributed by atoms with van der Waals surface area (Å²) >= 11 is 0. The monoisotopic (exact) mass is 488 g/mol. The van der Waals surface area contributed by atoms with Crippen molar-refractivity contribution >= 4 is 15.9 Å². The highest BCUT2D eigenvalue weighted by atomic mass is 32.2. The number of piperidine rings is 1. The van der Waals surface area contributed by atoms with Crippen LogP contribution in [0.4, 0.5) is 0 Å². The molecule has 1 saturated heterocycles. The van der Waals surface area contributed by atoms with Gasteiger partial charge in [0.15, 0.2) is 0 Å². The van der Waals surface area contributed by atoms with Gasteiger partial charge in [-0.3, -0.25) is 4.79 Å². The summed E-state index contributed by atoms with van der Waals surface area (Å²) in [5.41, 5.74) is 1.38. The molecule has 3 saturated carbocycles. The highest BCUT2D eigenvalue weighted by Crippen LogP contribution is 2.61. The number of aliphatic hydroxyl groups excluding tert-OH is 1. The Bertz CT molecular complexity index is 982. The van der Waals surface area contributed by atoms with E-state index in [0.29, 0.717) is 42.7 Å². The first-order chi connectivity index (χ1) is 16.2. The van der Waals surface area contributed by atoms with Gasteiger partial charge in [0.1, 0.15) is 6.10 Å². The smallest absolute Gasteiger partial charge is 0.249 e. The summed E-state index contributed by atoms with van der Waals surface area (Å²) in [6, 6.07) is 6.84. The minimum atomic E-state index is -3.51. The Kier molecular flexibility index (Phi) is 6.81. The predicted octanol–water partition coefficient (Wildman–Crippen LogP) is 4.01. The van der Waals surface area contributed by atoms with Crippen LogP contribution in [0.3, 0.4) is 0 Å². The zero-order valence-electron chi connectivity index (χ0n) is 20.4. The van der Waals surface area contributed by atoms with Gasteiger partial charge in [0.25, 0.3) is 0 Å². The maximum absolute atomic E-state index is 12.9. The van der Waals surface area contributed by atoms with Crippen LogP contribution < -0.4 is 5.32 Å². The quantitative estimate of drug-likeness (QED) is 0.607. The number of rotatable bonds is 7. The van der Waals surface area contributed by atoms with Crippen molar-refractivity contribution in [3.63, 3.8) is 0 Å². The number of nitrogens with zero attached hydrogens (tertiary/aromatic N) is 1. The van der Waals surface area contributed by atoms with Crippen molar-refractivity contribution in [2.75, 3.05) is 13.1 Å². The van der Waals surface area contributed by atoms with Crippen molar-refractivity contribution in [3.05, 3.63) is 29.8 Å². The van der Waals surface area contributed by atoms with E-state index >= 15 is 0 Å². The molecular formula is C27H40N2O4S. The van der Waals surface area contributed by atoms with Crippen LogP contribution in [-0.4, -0.2) is 49.0 Å². The molecule has 0 radical (unpaired) electrons. The molecule has 1 heterocycles. The Hall–Kier alpha value is -1.44. The van der Waals surface area contributed by atoms with E-state index in [2.05, 4.69) is 5.32 Å². The Balaban J connectivity index is 1.09. The van der Waals surface area contributed by atoms with Crippen molar-refractivity contribution < 1.29 is 18.3 Å². The summed E-state index contributed by atoms with van der Waals surface area (Å²) in [6.07, 6.45) is 11.1. The third-order valence-corrected chi connectivity index (χ3v) is 11.2. The Morgan fingerprint density at radius 1 is 1.09 bits per heavy atom. The van der Waals surface area contributed by atoms with E-state index in [1.165, 1.54) is 49.3 Å². The number of benzene rings is 1. The fraction of sp³-hybridized carbons (Fsp3) is 0.741. The first kappa shape index (κ1) is 24.3. The van der Waals surface area contributed by atoms with Gasteiger partial charge in [-0.1, -0.05) is 37.0 Å². The second-order valence-electron chi connectivity index (χ2n) is 11.7. The van der Waals surface area contributed by atoms with Gasteiger partial charge >= 0.3 is 0 Å². The number of hydrogen-bond donors (Lipinski definition) is 2. The van der Waals surface area contributed by atoms with E-state index in [1.807, 2.05) is 19.1 Å². The molecule has 1 aliphatic heterocycles. The van der Waals surface area contributed by atoms with Crippen LogP contribution >= 0.6 is 0 Å². The largest absolute Gasteiger partial charge is 0.383 e. The topological polar surface area (TPSA) is 86.7 Å². The molecule has 4 aliphatic rings. The van der Waals surface area contributed by atoms with Crippen LogP contribution in [0.25, 0.3) is 0 Å². The van der Waals surface area contributed by atoms with Crippen LogP contribution in [0.5, 0.6) is 0 Å². The lowest BCUT2D eigenvalue weighted by Gasteiger charge is -2.38. The fourth-order valence-corrected chi connectivity index (χ4v) is 9.07. The third-order valence-electron chi connectivity index (χ3n) is 9.31. The lowest BCUT2D eigenvalue weighted by Crippen LogP contribution is -2.48. The molecule has 2 N–H and O–H groups in total. The number of aliphatic hydroxyl groups is 1. The lowest BCUT2D eigenvalue weighted by molar-refractivity contribution is -0.131. The van der Waals surface area contributed by atoms with Crippen molar-refractivity contribution in [1.82, 2.24) is 9.62 Å². The molecule has 4 fully saturated rings. The van der Waals surface area contributed by atoms with Gasteiger partial charge in [0, 0.05) is 19.1 Å². The SMILES string of the molecule is Cc1ccc(S(=O)(=O)N2CCC(NC(=O)C(O)CCC34CC5CCCC(C3)C(C5)C4)CC2)cc1. The summed E-state index contributed by atoms with van der Waals surface area (Å²) in [7, 11) is -3.51. The van der Waals surface area contributed by atoms with Gasteiger partial charge in [-0.2, -0.15) is 4.31 Å².